The number of hydrogen-bond acceptors (Lipinski definition) is 7. The van der Waals surface area contributed by atoms with Crippen LogP contribution in [-0.2, 0) is 9.59 Å². The molecule has 0 saturated carbocycles. The number of nitrogens with zero attached hydrogens (tertiary/aromatic N) is 1. The van der Waals surface area contributed by atoms with Crippen LogP contribution < -0.4 is 20.1 Å². The topological polar surface area (TPSA) is 103 Å². The molecule has 0 spiro atoms. The molecular formula is C17H19N3O5S. The lowest BCUT2D eigenvalue weighted by Gasteiger charge is -2.14. The zero-order valence-electron chi connectivity index (χ0n) is 14.4. The maximum absolute atomic E-state index is 12.1. The Morgan fingerprint density at radius 2 is 1.96 bits per heavy atom. The molecule has 1 aromatic heterocycles. The molecule has 26 heavy (non-hydrogen) atoms. The lowest BCUT2D eigenvalue weighted by molar-refractivity contribution is -0.119. The van der Waals surface area contributed by atoms with Gasteiger partial charge in [-0.15, -0.1) is 11.8 Å². The Morgan fingerprint density at radius 3 is 2.73 bits per heavy atom. The molecule has 2 aromatic rings. The maximum Gasteiger partial charge on any atom is 0.235 e. The van der Waals surface area contributed by atoms with Gasteiger partial charge < -0.3 is 24.6 Å². The Kier molecular flexibility index (Phi) is 5.67. The van der Waals surface area contributed by atoms with E-state index in [9.17, 15) is 9.59 Å². The van der Waals surface area contributed by atoms with Crippen molar-refractivity contribution in [2.24, 2.45) is 0 Å². The summed E-state index contributed by atoms with van der Waals surface area (Å²) in [6, 6.07) is 7.02. The van der Waals surface area contributed by atoms with Gasteiger partial charge in [-0.25, -0.2) is 0 Å². The highest BCUT2D eigenvalue weighted by Crippen LogP contribution is 2.34. The second-order valence-corrected chi connectivity index (χ2v) is 6.75. The SMILES string of the molecule is Cc1cc(NC(=O)CSCC(=O)NC(C)c2ccc3c(c2)OCO3)no1. The zero-order valence-corrected chi connectivity index (χ0v) is 15.2. The molecule has 1 unspecified atom stereocenters. The standard InChI is InChI=1S/C17H19N3O5S/c1-10-5-15(20-25-10)19-17(22)8-26-7-16(21)18-11(2)12-3-4-13-14(6-12)24-9-23-13/h3-6,11H,7-9H2,1-2H3,(H,18,21)(H,19,20,22). The maximum atomic E-state index is 12.1. The van der Waals surface area contributed by atoms with E-state index in [1.165, 1.54) is 11.8 Å². The van der Waals surface area contributed by atoms with E-state index in [4.69, 9.17) is 14.0 Å². The van der Waals surface area contributed by atoms with Gasteiger partial charge in [0, 0.05) is 6.07 Å². The van der Waals surface area contributed by atoms with E-state index in [0.29, 0.717) is 23.1 Å². The van der Waals surface area contributed by atoms with Crippen LogP contribution >= 0.6 is 11.8 Å². The van der Waals surface area contributed by atoms with E-state index >= 15 is 0 Å². The van der Waals surface area contributed by atoms with Crippen LogP contribution in [-0.4, -0.2) is 35.3 Å². The number of carbonyl (C=O) groups excluding carboxylic acids is 2. The van der Waals surface area contributed by atoms with Crippen molar-refractivity contribution >= 4 is 29.4 Å². The van der Waals surface area contributed by atoms with Gasteiger partial charge in [-0.3, -0.25) is 9.59 Å². The number of rotatable bonds is 7. The first kappa shape index (κ1) is 18.1. The molecular weight excluding hydrogens is 358 g/mol. The van der Waals surface area contributed by atoms with Gasteiger partial charge in [-0.1, -0.05) is 11.2 Å². The van der Waals surface area contributed by atoms with Crippen LogP contribution in [0.15, 0.2) is 28.8 Å². The fourth-order valence-corrected chi connectivity index (χ4v) is 3.02. The van der Waals surface area contributed by atoms with E-state index in [0.717, 1.165) is 5.56 Å². The van der Waals surface area contributed by atoms with Gasteiger partial charge in [0.2, 0.25) is 18.6 Å². The van der Waals surface area contributed by atoms with Gasteiger partial charge in [-0.05, 0) is 31.5 Å². The summed E-state index contributed by atoms with van der Waals surface area (Å²) in [7, 11) is 0. The summed E-state index contributed by atoms with van der Waals surface area (Å²) >= 11 is 1.23. The number of aromatic nitrogens is 1. The van der Waals surface area contributed by atoms with Crippen molar-refractivity contribution in [3.63, 3.8) is 0 Å². The predicted octanol–water partition coefficient (Wildman–Crippen LogP) is 2.26. The number of carbonyl (C=O) groups is 2. The van der Waals surface area contributed by atoms with Crippen LogP contribution in [0, 0.1) is 6.92 Å². The molecule has 0 saturated heterocycles. The van der Waals surface area contributed by atoms with Gasteiger partial charge in [0.05, 0.1) is 17.5 Å². The monoisotopic (exact) mass is 377 g/mol. The minimum absolute atomic E-state index is 0.148. The number of benzene rings is 1. The molecule has 2 amide bonds. The molecule has 0 bridgehead atoms. The third-order valence-corrected chi connectivity index (χ3v) is 4.57. The Labute approximate surface area is 154 Å². The fourth-order valence-electron chi connectivity index (χ4n) is 2.39. The summed E-state index contributed by atoms with van der Waals surface area (Å²) in [5, 5.41) is 9.19. The highest BCUT2D eigenvalue weighted by atomic mass is 32.2. The number of ether oxygens (including phenoxy) is 2. The Balaban J connectivity index is 1.40. The van der Waals surface area contributed by atoms with Crippen LogP contribution in [0.3, 0.4) is 0 Å². The van der Waals surface area contributed by atoms with E-state index in [-0.39, 0.29) is 36.2 Å². The molecule has 1 aliphatic rings. The van der Waals surface area contributed by atoms with Crippen molar-refractivity contribution in [3.05, 3.63) is 35.6 Å². The normalized spacial score (nSPS) is 13.3. The molecule has 9 heteroatoms. The molecule has 3 rings (SSSR count). The molecule has 1 atom stereocenters. The number of aryl methyl sites for hydroxylation is 1. The first-order valence-electron chi connectivity index (χ1n) is 8.01. The first-order valence-corrected chi connectivity index (χ1v) is 9.16. The smallest absolute Gasteiger partial charge is 0.235 e. The van der Waals surface area contributed by atoms with E-state index in [2.05, 4.69) is 15.8 Å². The summed E-state index contributed by atoms with van der Waals surface area (Å²) < 4.78 is 15.5. The van der Waals surface area contributed by atoms with Crippen molar-refractivity contribution in [2.75, 3.05) is 23.6 Å². The highest BCUT2D eigenvalue weighted by Gasteiger charge is 2.17. The molecule has 8 nitrogen and oxygen atoms in total. The number of nitrogens with one attached hydrogen (secondary N) is 2. The highest BCUT2D eigenvalue weighted by molar-refractivity contribution is 8.00. The van der Waals surface area contributed by atoms with Crippen molar-refractivity contribution < 1.29 is 23.6 Å². The Bertz CT molecular complexity index is 807. The van der Waals surface area contributed by atoms with E-state index in [1.54, 1.807) is 13.0 Å². The number of anilines is 1. The van der Waals surface area contributed by atoms with Crippen LogP contribution in [0.5, 0.6) is 11.5 Å². The minimum atomic E-state index is -0.236. The van der Waals surface area contributed by atoms with Crippen LogP contribution in [0.2, 0.25) is 0 Å². The summed E-state index contributed by atoms with van der Waals surface area (Å²) in [6.45, 7) is 3.84. The van der Waals surface area contributed by atoms with Gasteiger partial charge in [0.25, 0.3) is 0 Å². The second-order valence-electron chi connectivity index (χ2n) is 5.77. The summed E-state index contributed by atoms with van der Waals surface area (Å²) in [5.74, 6) is 2.32. The molecule has 1 aliphatic heterocycles. The zero-order chi connectivity index (χ0) is 18.5. The summed E-state index contributed by atoms with van der Waals surface area (Å²) in [5.41, 5.74) is 0.923. The second kappa shape index (κ2) is 8.13. The fraction of sp³-hybridized carbons (Fsp3) is 0.353. The Morgan fingerprint density at radius 1 is 1.19 bits per heavy atom. The molecule has 1 aromatic carbocycles. The average Bonchev–Trinajstić information content (AvgIpc) is 3.22. The third-order valence-electron chi connectivity index (χ3n) is 3.64. The average molecular weight is 377 g/mol. The first-order chi connectivity index (χ1) is 12.5. The molecule has 2 heterocycles. The third kappa shape index (κ3) is 4.69. The van der Waals surface area contributed by atoms with Crippen molar-refractivity contribution in [1.82, 2.24) is 10.5 Å². The quantitative estimate of drug-likeness (QED) is 0.763. The van der Waals surface area contributed by atoms with Crippen LogP contribution in [0.1, 0.15) is 24.3 Å². The van der Waals surface area contributed by atoms with Crippen molar-refractivity contribution in [3.8, 4) is 11.5 Å². The lowest BCUT2D eigenvalue weighted by Crippen LogP contribution is -2.28. The van der Waals surface area contributed by atoms with Crippen molar-refractivity contribution in [1.29, 1.82) is 0 Å². The molecule has 0 radical (unpaired) electrons. The van der Waals surface area contributed by atoms with Gasteiger partial charge >= 0.3 is 0 Å². The number of fused-ring (bicyclic) bond motifs is 1. The number of hydrogen-bond donors (Lipinski definition) is 2. The molecule has 2 N–H and O–H groups in total. The predicted molar refractivity (Wildman–Crippen MR) is 96.3 cm³/mol. The van der Waals surface area contributed by atoms with Gasteiger partial charge in [0.15, 0.2) is 17.3 Å². The lowest BCUT2D eigenvalue weighted by atomic mass is 10.1. The van der Waals surface area contributed by atoms with Crippen LogP contribution in [0.25, 0.3) is 0 Å². The molecule has 0 fully saturated rings. The molecule has 0 aliphatic carbocycles. The summed E-state index contributed by atoms with van der Waals surface area (Å²) in [6.07, 6.45) is 0. The van der Waals surface area contributed by atoms with E-state index in [1.807, 2.05) is 25.1 Å². The largest absolute Gasteiger partial charge is 0.454 e. The van der Waals surface area contributed by atoms with Crippen molar-refractivity contribution in [2.45, 2.75) is 19.9 Å². The summed E-state index contributed by atoms with van der Waals surface area (Å²) in [4.78, 5) is 23.8. The molecule has 138 valence electrons. The van der Waals surface area contributed by atoms with Gasteiger partial charge in [0.1, 0.15) is 5.76 Å². The minimum Gasteiger partial charge on any atom is -0.454 e. The van der Waals surface area contributed by atoms with Crippen LogP contribution in [0.4, 0.5) is 5.82 Å². The number of thioether (sulfide) groups is 1. The number of amides is 2. The van der Waals surface area contributed by atoms with E-state index < -0.39 is 0 Å². The Hall–Kier alpha value is -2.68. The van der Waals surface area contributed by atoms with Gasteiger partial charge in [-0.2, -0.15) is 0 Å².